The summed E-state index contributed by atoms with van der Waals surface area (Å²) in [5.41, 5.74) is 3.06. The number of fused-ring (bicyclic) bond motifs is 1. The quantitative estimate of drug-likeness (QED) is 0.523. The minimum Gasteiger partial charge on any atom is -0.497 e. The maximum atomic E-state index is 5.18. The number of thiazole rings is 1. The second kappa shape index (κ2) is 7.13. The Labute approximate surface area is 155 Å². The van der Waals surface area contributed by atoms with Gasteiger partial charge < -0.3 is 9.64 Å². The Hall–Kier alpha value is -2.93. The highest BCUT2D eigenvalue weighted by molar-refractivity contribution is 7.21. The Morgan fingerprint density at radius 1 is 1.00 bits per heavy atom. The number of rotatable bonds is 6. The predicted molar refractivity (Wildman–Crippen MR) is 104 cm³/mol. The van der Waals surface area contributed by atoms with Crippen molar-refractivity contribution < 1.29 is 4.74 Å². The zero-order valence-electron chi connectivity index (χ0n) is 14.7. The van der Waals surface area contributed by atoms with E-state index in [0.29, 0.717) is 12.2 Å². The molecular weight excluding hydrogens is 346 g/mol. The van der Waals surface area contributed by atoms with Gasteiger partial charge in [0.1, 0.15) is 5.75 Å². The van der Waals surface area contributed by atoms with E-state index in [4.69, 9.17) is 4.74 Å². The standard InChI is InChI=1S/C19H19N5OS/c1-23(12-14-6-4-3-5-7-14)19-20-17-18(26-19)22-24(21-17)13-15-8-10-16(25-2)11-9-15/h3-11H,12-13H2,1-2H3. The third-order valence-corrected chi connectivity index (χ3v) is 5.11. The molecule has 4 aromatic rings. The SMILES string of the molecule is COc1ccc(Cn2nc3nc(N(C)Cc4ccccc4)sc3n2)cc1. The molecule has 0 bridgehead atoms. The molecule has 0 atom stereocenters. The number of anilines is 1. The molecule has 0 saturated carbocycles. The molecule has 26 heavy (non-hydrogen) atoms. The highest BCUT2D eigenvalue weighted by Gasteiger charge is 2.13. The van der Waals surface area contributed by atoms with Gasteiger partial charge in [-0.15, -0.1) is 10.2 Å². The number of ether oxygens (including phenoxy) is 1. The second-order valence-electron chi connectivity index (χ2n) is 6.05. The highest BCUT2D eigenvalue weighted by Crippen LogP contribution is 2.26. The molecule has 0 aliphatic heterocycles. The van der Waals surface area contributed by atoms with Gasteiger partial charge in [0.05, 0.1) is 13.7 Å². The van der Waals surface area contributed by atoms with Crippen LogP contribution in [0.15, 0.2) is 54.6 Å². The Balaban J connectivity index is 1.48. The van der Waals surface area contributed by atoms with E-state index in [2.05, 4.69) is 32.2 Å². The summed E-state index contributed by atoms with van der Waals surface area (Å²) in [7, 11) is 3.70. The lowest BCUT2D eigenvalue weighted by molar-refractivity contribution is 0.414. The molecule has 0 aliphatic rings. The lowest BCUT2D eigenvalue weighted by Crippen LogP contribution is -2.16. The van der Waals surface area contributed by atoms with Crippen molar-refractivity contribution in [2.75, 3.05) is 19.1 Å². The first-order valence-corrected chi connectivity index (χ1v) is 9.12. The summed E-state index contributed by atoms with van der Waals surface area (Å²) < 4.78 is 5.18. The molecule has 0 saturated heterocycles. The van der Waals surface area contributed by atoms with Gasteiger partial charge in [0, 0.05) is 13.6 Å². The number of hydrogen-bond donors (Lipinski definition) is 0. The molecule has 132 valence electrons. The van der Waals surface area contributed by atoms with E-state index in [9.17, 15) is 0 Å². The van der Waals surface area contributed by atoms with E-state index in [1.54, 1.807) is 23.2 Å². The van der Waals surface area contributed by atoms with Gasteiger partial charge in [0.2, 0.25) is 5.65 Å². The summed E-state index contributed by atoms with van der Waals surface area (Å²) in [6.07, 6.45) is 0. The van der Waals surface area contributed by atoms with Gasteiger partial charge in [0.15, 0.2) is 9.96 Å². The molecule has 0 spiro atoms. The number of nitrogens with zero attached hydrogens (tertiary/aromatic N) is 5. The van der Waals surface area contributed by atoms with Gasteiger partial charge in [-0.2, -0.15) is 9.78 Å². The number of benzene rings is 2. The van der Waals surface area contributed by atoms with Crippen LogP contribution in [0.5, 0.6) is 5.75 Å². The zero-order valence-corrected chi connectivity index (χ0v) is 15.5. The first-order chi connectivity index (χ1) is 12.7. The van der Waals surface area contributed by atoms with Gasteiger partial charge in [0.25, 0.3) is 0 Å². The molecule has 0 unspecified atom stereocenters. The summed E-state index contributed by atoms with van der Waals surface area (Å²) in [5.74, 6) is 0.843. The Morgan fingerprint density at radius 3 is 2.46 bits per heavy atom. The van der Waals surface area contributed by atoms with Crippen LogP contribution in [0.4, 0.5) is 5.13 Å². The molecule has 7 heteroatoms. The largest absolute Gasteiger partial charge is 0.497 e. The summed E-state index contributed by atoms with van der Waals surface area (Å²) in [5, 5.41) is 10.00. The summed E-state index contributed by atoms with van der Waals surface area (Å²) in [6.45, 7) is 1.42. The average molecular weight is 365 g/mol. The van der Waals surface area contributed by atoms with Crippen LogP contribution < -0.4 is 9.64 Å². The summed E-state index contributed by atoms with van der Waals surface area (Å²) in [4.78, 5) is 9.30. The fourth-order valence-corrected chi connectivity index (χ4v) is 3.55. The fourth-order valence-electron chi connectivity index (χ4n) is 2.71. The van der Waals surface area contributed by atoms with Crippen molar-refractivity contribution in [3.05, 3.63) is 65.7 Å². The van der Waals surface area contributed by atoms with Crippen LogP contribution in [0.25, 0.3) is 10.5 Å². The molecule has 0 fully saturated rings. The zero-order chi connectivity index (χ0) is 17.9. The molecule has 0 N–H and O–H groups in total. The third kappa shape index (κ3) is 3.52. The van der Waals surface area contributed by atoms with Gasteiger partial charge in [-0.05, 0) is 23.3 Å². The maximum Gasteiger partial charge on any atom is 0.215 e. The molecule has 2 aromatic carbocycles. The van der Waals surface area contributed by atoms with Crippen molar-refractivity contribution in [1.82, 2.24) is 20.0 Å². The van der Waals surface area contributed by atoms with Crippen LogP contribution in [0.2, 0.25) is 0 Å². The Morgan fingerprint density at radius 2 is 1.77 bits per heavy atom. The summed E-state index contributed by atoms with van der Waals surface area (Å²) >= 11 is 1.56. The van der Waals surface area contributed by atoms with Crippen molar-refractivity contribution in [2.45, 2.75) is 13.1 Å². The molecule has 2 heterocycles. The predicted octanol–water partition coefficient (Wildman–Crippen LogP) is 3.58. The van der Waals surface area contributed by atoms with Gasteiger partial charge in [-0.1, -0.05) is 53.8 Å². The van der Waals surface area contributed by atoms with Crippen LogP contribution in [-0.2, 0) is 13.1 Å². The van der Waals surface area contributed by atoms with E-state index in [0.717, 1.165) is 27.8 Å². The minimum atomic E-state index is 0.613. The van der Waals surface area contributed by atoms with Crippen molar-refractivity contribution in [3.8, 4) is 5.75 Å². The minimum absolute atomic E-state index is 0.613. The number of hydrogen-bond acceptors (Lipinski definition) is 6. The van der Waals surface area contributed by atoms with Crippen molar-refractivity contribution >= 4 is 26.9 Å². The molecule has 0 radical (unpaired) electrons. The van der Waals surface area contributed by atoms with Crippen LogP contribution in [0, 0.1) is 0 Å². The molecule has 0 amide bonds. The highest BCUT2D eigenvalue weighted by atomic mass is 32.1. The van der Waals surface area contributed by atoms with Crippen LogP contribution in [0.1, 0.15) is 11.1 Å². The molecule has 2 aromatic heterocycles. The first kappa shape index (κ1) is 16.5. The van der Waals surface area contributed by atoms with Gasteiger partial charge in [-0.25, -0.2) is 0 Å². The third-order valence-electron chi connectivity index (χ3n) is 4.07. The number of methoxy groups -OCH3 is 1. The fraction of sp³-hybridized carbons (Fsp3) is 0.211. The second-order valence-corrected chi connectivity index (χ2v) is 7.00. The molecule has 6 nitrogen and oxygen atoms in total. The molecule has 4 rings (SSSR count). The van der Waals surface area contributed by atoms with Gasteiger partial charge >= 0.3 is 0 Å². The smallest absolute Gasteiger partial charge is 0.215 e. The normalized spacial score (nSPS) is 11.0. The van der Waals surface area contributed by atoms with Crippen molar-refractivity contribution in [3.63, 3.8) is 0 Å². The lowest BCUT2D eigenvalue weighted by Gasteiger charge is -2.15. The van der Waals surface area contributed by atoms with E-state index in [1.807, 2.05) is 49.5 Å². The Kier molecular flexibility index (Phi) is 4.53. The number of aromatic nitrogens is 4. The lowest BCUT2D eigenvalue weighted by atomic mass is 10.2. The van der Waals surface area contributed by atoms with Crippen LogP contribution >= 0.6 is 11.3 Å². The van der Waals surface area contributed by atoms with Crippen molar-refractivity contribution in [1.29, 1.82) is 0 Å². The van der Waals surface area contributed by atoms with Crippen molar-refractivity contribution in [2.24, 2.45) is 0 Å². The topological polar surface area (TPSA) is 56.1 Å². The van der Waals surface area contributed by atoms with Crippen LogP contribution in [0.3, 0.4) is 0 Å². The summed E-state index contributed by atoms with van der Waals surface area (Å²) in [6, 6.07) is 18.3. The Bertz CT molecular complexity index is 962. The monoisotopic (exact) mass is 365 g/mol. The van der Waals surface area contributed by atoms with Gasteiger partial charge in [-0.3, -0.25) is 0 Å². The first-order valence-electron chi connectivity index (χ1n) is 8.31. The molecule has 0 aliphatic carbocycles. The van der Waals surface area contributed by atoms with E-state index in [-0.39, 0.29) is 0 Å². The maximum absolute atomic E-state index is 5.18. The van der Waals surface area contributed by atoms with E-state index in [1.165, 1.54) is 5.56 Å². The average Bonchev–Trinajstić information content (AvgIpc) is 3.22. The molecular formula is C19H19N5OS. The van der Waals surface area contributed by atoms with Crippen LogP contribution in [-0.4, -0.2) is 34.1 Å². The van der Waals surface area contributed by atoms with E-state index >= 15 is 0 Å². The van der Waals surface area contributed by atoms with E-state index < -0.39 is 0 Å².